The normalized spacial score (nSPS) is 13.0. The highest BCUT2D eigenvalue weighted by Gasteiger charge is 2.13. The van der Waals surface area contributed by atoms with Gasteiger partial charge in [-0.15, -0.1) is 0 Å². The average molecular weight is 286 g/mol. The summed E-state index contributed by atoms with van der Waals surface area (Å²) < 4.78 is 12.9. The van der Waals surface area contributed by atoms with Crippen LogP contribution in [-0.2, 0) is 19.6 Å². The van der Waals surface area contributed by atoms with Crippen molar-refractivity contribution in [3.8, 4) is 5.75 Å². The molecule has 0 saturated carbocycles. The standard InChI is InChI=1S/C16H15FN2O2/c17-13-3-4-14(15(20)6-13)16(21)19-7-10-1-2-11-8-18-9-12(11)5-10/h1-6,18,20H,7-9H2,(H,19,21). The number of halogens is 1. The molecule has 0 fully saturated rings. The molecule has 2 aromatic rings. The van der Waals surface area contributed by atoms with E-state index in [0.717, 1.165) is 30.8 Å². The van der Waals surface area contributed by atoms with E-state index < -0.39 is 11.7 Å². The predicted molar refractivity (Wildman–Crippen MR) is 76.2 cm³/mol. The molecule has 3 rings (SSSR count). The van der Waals surface area contributed by atoms with Gasteiger partial charge in [-0.1, -0.05) is 18.2 Å². The number of carbonyl (C=O) groups is 1. The Morgan fingerprint density at radius 3 is 2.81 bits per heavy atom. The predicted octanol–water partition coefficient (Wildman–Crippen LogP) is 2.06. The number of phenolic OH excluding ortho intramolecular Hbond substituents is 1. The van der Waals surface area contributed by atoms with Crippen molar-refractivity contribution in [3.63, 3.8) is 0 Å². The van der Waals surface area contributed by atoms with E-state index in [9.17, 15) is 14.3 Å². The van der Waals surface area contributed by atoms with Crippen molar-refractivity contribution in [1.82, 2.24) is 10.6 Å². The van der Waals surface area contributed by atoms with Crippen LogP contribution in [0.3, 0.4) is 0 Å². The number of rotatable bonds is 3. The molecule has 1 aliphatic rings. The Morgan fingerprint density at radius 1 is 1.19 bits per heavy atom. The first-order chi connectivity index (χ1) is 10.1. The van der Waals surface area contributed by atoms with Gasteiger partial charge >= 0.3 is 0 Å². The van der Waals surface area contributed by atoms with Crippen molar-refractivity contribution < 1.29 is 14.3 Å². The van der Waals surface area contributed by atoms with E-state index in [1.165, 1.54) is 17.2 Å². The molecule has 0 radical (unpaired) electrons. The van der Waals surface area contributed by atoms with Gasteiger partial charge in [-0.25, -0.2) is 4.39 Å². The molecule has 1 amide bonds. The molecular weight excluding hydrogens is 271 g/mol. The molecule has 3 N–H and O–H groups in total. The number of hydrogen-bond donors (Lipinski definition) is 3. The second-order valence-electron chi connectivity index (χ2n) is 5.05. The lowest BCUT2D eigenvalue weighted by molar-refractivity contribution is 0.0948. The third-order valence-electron chi connectivity index (χ3n) is 3.56. The number of phenols is 1. The Balaban J connectivity index is 1.68. The van der Waals surface area contributed by atoms with E-state index in [4.69, 9.17) is 0 Å². The third-order valence-corrected chi connectivity index (χ3v) is 3.56. The quantitative estimate of drug-likeness (QED) is 0.809. The van der Waals surface area contributed by atoms with Gasteiger partial charge in [-0.3, -0.25) is 4.79 Å². The van der Waals surface area contributed by atoms with Crippen LogP contribution < -0.4 is 10.6 Å². The number of aromatic hydroxyl groups is 1. The topological polar surface area (TPSA) is 61.4 Å². The lowest BCUT2D eigenvalue weighted by Gasteiger charge is -2.08. The molecule has 0 unspecified atom stereocenters. The SMILES string of the molecule is O=C(NCc1ccc2c(c1)CNC2)c1ccc(F)cc1O. The minimum Gasteiger partial charge on any atom is -0.507 e. The summed E-state index contributed by atoms with van der Waals surface area (Å²) in [6.45, 7) is 2.09. The molecule has 0 saturated heterocycles. The summed E-state index contributed by atoms with van der Waals surface area (Å²) in [4.78, 5) is 12.0. The highest BCUT2D eigenvalue weighted by atomic mass is 19.1. The van der Waals surface area contributed by atoms with Crippen LogP contribution in [0.1, 0.15) is 27.0 Å². The molecule has 0 atom stereocenters. The van der Waals surface area contributed by atoms with Crippen LogP contribution in [0.4, 0.5) is 4.39 Å². The van der Waals surface area contributed by atoms with Gasteiger partial charge in [0.05, 0.1) is 5.56 Å². The molecule has 108 valence electrons. The van der Waals surface area contributed by atoms with E-state index in [-0.39, 0.29) is 11.3 Å². The van der Waals surface area contributed by atoms with Crippen LogP contribution in [0.25, 0.3) is 0 Å². The van der Waals surface area contributed by atoms with Gasteiger partial charge < -0.3 is 15.7 Å². The first-order valence-electron chi connectivity index (χ1n) is 6.71. The molecule has 1 aliphatic heterocycles. The van der Waals surface area contributed by atoms with Gasteiger partial charge in [0.15, 0.2) is 0 Å². The van der Waals surface area contributed by atoms with E-state index in [1.54, 1.807) is 0 Å². The van der Waals surface area contributed by atoms with Crippen LogP contribution in [0, 0.1) is 5.82 Å². The van der Waals surface area contributed by atoms with Crippen LogP contribution in [0.2, 0.25) is 0 Å². The van der Waals surface area contributed by atoms with E-state index in [0.29, 0.717) is 6.54 Å². The van der Waals surface area contributed by atoms with E-state index in [2.05, 4.69) is 16.7 Å². The minimum absolute atomic E-state index is 0.0687. The maximum Gasteiger partial charge on any atom is 0.255 e. The number of fused-ring (bicyclic) bond motifs is 1. The maximum absolute atomic E-state index is 12.9. The molecule has 5 heteroatoms. The van der Waals surface area contributed by atoms with Crippen molar-refractivity contribution in [2.45, 2.75) is 19.6 Å². The van der Waals surface area contributed by atoms with Gasteiger partial charge in [0, 0.05) is 25.7 Å². The third kappa shape index (κ3) is 2.87. The fourth-order valence-electron chi connectivity index (χ4n) is 2.43. The van der Waals surface area contributed by atoms with Crippen molar-refractivity contribution in [2.75, 3.05) is 0 Å². The molecule has 2 aromatic carbocycles. The Bertz CT molecular complexity index is 701. The van der Waals surface area contributed by atoms with E-state index >= 15 is 0 Å². The van der Waals surface area contributed by atoms with Crippen LogP contribution >= 0.6 is 0 Å². The zero-order chi connectivity index (χ0) is 14.8. The molecule has 0 bridgehead atoms. The summed E-state index contributed by atoms with van der Waals surface area (Å²) in [7, 11) is 0. The van der Waals surface area contributed by atoms with Gasteiger partial charge in [-0.2, -0.15) is 0 Å². The van der Waals surface area contributed by atoms with Gasteiger partial charge in [0.1, 0.15) is 11.6 Å². The van der Waals surface area contributed by atoms with Gasteiger partial charge in [0.25, 0.3) is 5.91 Å². The summed E-state index contributed by atoms with van der Waals surface area (Å²) in [5.41, 5.74) is 3.58. The lowest BCUT2D eigenvalue weighted by atomic mass is 10.1. The number of hydrogen-bond acceptors (Lipinski definition) is 3. The summed E-state index contributed by atoms with van der Waals surface area (Å²) >= 11 is 0. The summed E-state index contributed by atoms with van der Waals surface area (Å²) in [5, 5.41) is 15.6. The fraction of sp³-hybridized carbons (Fsp3) is 0.188. The summed E-state index contributed by atoms with van der Waals surface area (Å²) in [5.74, 6) is -1.35. The molecule has 4 nitrogen and oxygen atoms in total. The molecule has 21 heavy (non-hydrogen) atoms. The van der Waals surface area contributed by atoms with Crippen LogP contribution in [0.15, 0.2) is 36.4 Å². The fourth-order valence-corrected chi connectivity index (χ4v) is 2.43. The van der Waals surface area contributed by atoms with Gasteiger partial charge in [-0.05, 0) is 28.8 Å². The van der Waals surface area contributed by atoms with Crippen molar-refractivity contribution in [2.24, 2.45) is 0 Å². The molecule has 0 aromatic heterocycles. The Kier molecular flexibility index (Phi) is 3.58. The van der Waals surface area contributed by atoms with Gasteiger partial charge in [0.2, 0.25) is 0 Å². The van der Waals surface area contributed by atoms with Crippen LogP contribution in [-0.4, -0.2) is 11.0 Å². The van der Waals surface area contributed by atoms with Crippen molar-refractivity contribution in [3.05, 3.63) is 64.5 Å². The highest BCUT2D eigenvalue weighted by molar-refractivity contribution is 5.96. The minimum atomic E-state index is -0.574. The second kappa shape index (κ2) is 5.54. The van der Waals surface area contributed by atoms with Crippen LogP contribution in [0.5, 0.6) is 5.75 Å². The Labute approximate surface area is 121 Å². The number of amides is 1. The first kappa shape index (κ1) is 13.6. The van der Waals surface area contributed by atoms with Crippen molar-refractivity contribution >= 4 is 5.91 Å². The zero-order valence-corrected chi connectivity index (χ0v) is 11.3. The summed E-state index contributed by atoms with van der Waals surface area (Å²) in [6.07, 6.45) is 0. The average Bonchev–Trinajstić information content (AvgIpc) is 2.92. The molecule has 0 spiro atoms. The monoisotopic (exact) mass is 286 g/mol. The van der Waals surface area contributed by atoms with E-state index in [1.807, 2.05) is 12.1 Å². The lowest BCUT2D eigenvalue weighted by Crippen LogP contribution is -2.23. The zero-order valence-electron chi connectivity index (χ0n) is 11.3. The second-order valence-corrected chi connectivity index (χ2v) is 5.05. The number of carbonyl (C=O) groups excluding carboxylic acids is 1. The largest absolute Gasteiger partial charge is 0.507 e. The smallest absolute Gasteiger partial charge is 0.255 e. The Morgan fingerprint density at radius 2 is 2.00 bits per heavy atom. The van der Waals surface area contributed by atoms with Crippen molar-refractivity contribution in [1.29, 1.82) is 0 Å². The molecular formula is C16H15FN2O2. The molecule has 1 heterocycles. The summed E-state index contributed by atoms with van der Waals surface area (Å²) in [6, 6.07) is 9.42. The first-order valence-corrected chi connectivity index (χ1v) is 6.71. The Hall–Kier alpha value is -2.40. The number of nitrogens with one attached hydrogen (secondary N) is 2. The number of benzene rings is 2. The maximum atomic E-state index is 12.9. The highest BCUT2D eigenvalue weighted by Crippen LogP contribution is 2.19. The molecule has 0 aliphatic carbocycles.